The van der Waals surface area contributed by atoms with Crippen LogP contribution in [0, 0.1) is 5.82 Å². The van der Waals surface area contributed by atoms with Crippen molar-refractivity contribution in [2.24, 2.45) is 0 Å². The van der Waals surface area contributed by atoms with Crippen molar-refractivity contribution in [3.05, 3.63) is 48.3 Å². The number of halogens is 1. The van der Waals surface area contributed by atoms with Gasteiger partial charge >= 0.3 is 0 Å². The van der Waals surface area contributed by atoms with E-state index in [1.165, 1.54) is 6.07 Å². The first-order valence-electron chi connectivity index (χ1n) is 10.1. The molecular formula is C22H24FN3O4. The lowest BCUT2D eigenvalue weighted by Crippen LogP contribution is -2.36. The van der Waals surface area contributed by atoms with Gasteiger partial charge in [-0.3, -0.25) is 9.59 Å². The maximum atomic E-state index is 14.4. The quantitative estimate of drug-likeness (QED) is 0.789. The predicted octanol–water partition coefficient (Wildman–Crippen LogP) is 2.81. The summed E-state index contributed by atoms with van der Waals surface area (Å²) in [4.78, 5) is 27.6. The number of hydrogen-bond acceptors (Lipinski definition) is 5. The number of carbonyl (C=O) groups is 2. The van der Waals surface area contributed by atoms with Gasteiger partial charge in [-0.1, -0.05) is 0 Å². The molecule has 0 radical (unpaired) electrons. The Balaban J connectivity index is 1.29. The van der Waals surface area contributed by atoms with Crippen LogP contribution < -0.4 is 19.9 Å². The zero-order valence-electron chi connectivity index (χ0n) is 16.6. The number of benzene rings is 2. The molecule has 1 N–H and O–H groups in total. The molecule has 30 heavy (non-hydrogen) atoms. The molecule has 2 aliphatic rings. The molecule has 158 valence electrons. The number of nitrogens with zero attached hydrogens (tertiary/aromatic N) is 2. The minimum Gasteiger partial charge on any atom is -0.484 e. The first-order chi connectivity index (χ1) is 14.6. The summed E-state index contributed by atoms with van der Waals surface area (Å²) in [6.45, 7) is 2.95. The number of ether oxygens (including phenoxy) is 2. The summed E-state index contributed by atoms with van der Waals surface area (Å²) in [6.07, 6.45) is 1.44. The lowest BCUT2D eigenvalue weighted by Gasteiger charge is -2.29. The van der Waals surface area contributed by atoms with Crippen molar-refractivity contribution in [3.63, 3.8) is 0 Å². The number of morpholine rings is 1. The van der Waals surface area contributed by atoms with Gasteiger partial charge in [0.05, 0.1) is 18.9 Å². The van der Waals surface area contributed by atoms with Gasteiger partial charge in [0.25, 0.3) is 5.91 Å². The Morgan fingerprint density at radius 1 is 1.10 bits per heavy atom. The molecule has 2 aliphatic heterocycles. The second-order valence-electron chi connectivity index (χ2n) is 7.25. The van der Waals surface area contributed by atoms with Crippen LogP contribution >= 0.6 is 0 Å². The van der Waals surface area contributed by atoms with Gasteiger partial charge in [0.2, 0.25) is 5.91 Å². The van der Waals surface area contributed by atoms with Crippen LogP contribution in [-0.2, 0) is 14.3 Å². The smallest absolute Gasteiger partial charge is 0.262 e. The molecule has 8 heteroatoms. The lowest BCUT2D eigenvalue weighted by molar-refractivity contribution is -0.118. The first kappa shape index (κ1) is 20.2. The van der Waals surface area contributed by atoms with Crippen molar-refractivity contribution in [2.45, 2.75) is 12.8 Å². The number of hydrogen-bond donors (Lipinski definition) is 1. The topological polar surface area (TPSA) is 71.1 Å². The van der Waals surface area contributed by atoms with E-state index in [1.54, 1.807) is 41.3 Å². The largest absolute Gasteiger partial charge is 0.484 e. The van der Waals surface area contributed by atoms with Crippen LogP contribution in [0.5, 0.6) is 5.75 Å². The van der Waals surface area contributed by atoms with Crippen molar-refractivity contribution in [1.82, 2.24) is 0 Å². The normalized spacial score (nSPS) is 16.6. The van der Waals surface area contributed by atoms with E-state index in [0.29, 0.717) is 49.8 Å². The van der Waals surface area contributed by atoms with Crippen LogP contribution in [-0.4, -0.2) is 51.3 Å². The third kappa shape index (κ3) is 4.71. The number of carbonyl (C=O) groups excluding carboxylic acids is 2. The van der Waals surface area contributed by atoms with E-state index >= 15 is 0 Å². The minimum atomic E-state index is -0.386. The maximum Gasteiger partial charge on any atom is 0.262 e. The number of rotatable bonds is 6. The molecule has 4 rings (SSSR count). The van der Waals surface area contributed by atoms with E-state index in [4.69, 9.17) is 9.47 Å². The minimum absolute atomic E-state index is 0.120. The molecule has 0 aliphatic carbocycles. The second-order valence-corrected chi connectivity index (χ2v) is 7.25. The van der Waals surface area contributed by atoms with Gasteiger partial charge in [0.1, 0.15) is 11.6 Å². The summed E-state index contributed by atoms with van der Waals surface area (Å²) >= 11 is 0. The average molecular weight is 413 g/mol. The highest BCUT2D eigenvalue weighted by molar-refractivity contribution is 5.95. The highest BCUT2D eigenvalue weighted by Crippen LogP contribution is 2.25. The molecule has 0 aromatic heterocycles. The fourth-order valence-electron chi connectivity index (χ4n) is 3.63. The third-order valence-electron chi connectivity index (χ3n) is 5.17. The van der Waals surface area contributed by atoms with Crippen LogP contribution in [0.3, 0.4) is 0 Å². The van der Waals surface area contributed by atoms with E-state index in [-0.39, 0.29) is 24.2 Å². The van der Waals surface area contributed by atoms with Crippen molar-refractivity contribution in [3.8, 4) is 5.75 Å². The SMILES string of the molecule is O=C(COc1ccc(N2CCCC2=O)cc1)Nc1ccc(N2CCOCC2)c(F)c1. The zero-order valence-corrected chi connectivity index (χ0v) is 16.6. The van der Waals surface area contributed by atoms with Crippen LogP contribution in [0.15, 0.2) is 42.5 Å². The van der Waals surface area contributed by atoms with Gasteiger partial charge in [-0.15, -0.1) is 0 Å². The molecule has 2 saturated heterocycles. The average Bonchev–Trinajstić information content (AvgIpc) is 3.19. The fraction of sp³-hybridized carbons (Fsp3) is 0.364. The standard InChI is InChI=1S/C22H24FN3O4/c23-19-14-16(3-8-20(19)25-10-12-29-13-11-25)24-21(27)15-30-18-6-4-17(5-7-18)26-9-1-2-22(26)28/h3-8,14H,1-2,9-13,15H2,(H,24,27). The number of anilines is 3. The highest BCUT2D eigenvalue weighted by Gasteiger charge is 2.21. The van der Waals surface area contributed by atoms with E-state index in [9.17, 15) is 14.0 Å². The molecule has 2 fully saturated rings. The van der Waals surface area contributed by atoms with E-state index in [2.05, 4.69) is 5.32 Å². The van der Waals surface area contributed by atoms with Gasteiger partial charge in [-0.2, -0.15) is 0 Å². The zero-order chi connectivity index (χ0) is 20.9. The molecular weight excluding hydrogens is 389 g/mol. The Morgan fingerprint density at radius 2 is 1.87 bits per heavy atom. The molecule has 0 bridgehead atoms. The summed E-state index contributed by atoms with van der Waals surface area (Å²) in [6, 6.07) is 11.7. The first-order valence-corrected chi connectivity index (χ1v) is 10.1. The molecule has 7 nitrogen and oxygen atoms in total. The molecule has 2 aromatic rings. The van der Waals surface area contributed by atoms with Crippen molar-refractivity contribution >= 4 is 28.9 Å². The second kappa shape index (κ2) is 9.13. The molecule has 2 amide bonds. The highest BCUT2D eigenvalue weighted by atomic mass is 19.1. The van der Waals surface area contributed by atoms with Gasteiger partial charge < -0.3 is 24.6 Å². The third-order valence-corrected chi connectivity index (χ3v) is 5.17. The number of amides is 2. The van der Waals surface area contributed by atoms with Crippen LogP contribution in [0.2, 0.25) is 0 Å². The Hall–Kier alpha value is -3.13. The summed E-state index contributed by atoms with van der Waals surface area (Å²) < 4.78 is 25.2. The number of nitrogens with one attached hydrogen (secondary N) is 1. The maximum absolute atomic E-state index is 14.4. The van der Waals surface area contributed by atoms with Gasteiger partial charge in [-0.25, -0.2) is 4.39 Å². The Bertz CT molecular complexity index is 913. The molecule has 0 spiro atoms. The van der Waals surface area contributed by atoms with E-state index < -0.39 is 0 Å². The monoisotopic (exact) mass is 413 g/mol. The Labute approximate surface area is 174 Å². The lowest BCUT2D eigenvalue weighted by atomic mass is 10.2. The fourth-order valence-corrected chi connectivity index (χ4v) is 3.63. The Kier molecular flexibility index (Phi) is 6.13. The van der Waals surface area contributed by atoms with E-state index in [1.807, 2.05) is 4.90 Å². The van der Waals surface area contributed by atoms with Crippen LogP contribution in [0.25, 0.3) is 0 Å². The van der Waals surface area contributed by atoms with Gasteiger partial charge in [0, 0.05) is 37.4 Å². The summed E-state index contributed by atoms with van der Waals surface area (Å²) in [5, 5.41) is 2.65. The van der Waals surface area contributed by atoms with Crippen molar-refractivity contribution in [1.29, 1.82) is 0 Å². The summed E-state index contributed by atoms with van der Waals surface area (Å²) in [7, 11) is 0. The summed E-state index contributed by atoms with van der Waals surface area (Å²) in [5.74, 6) is -0.126. The molecule has 0 unspecified atom stereocenters. The van der Waals surface area contributed by atoms with Crippen molar-refractivity contribution in [2.75, 3.05) is 54.6 Å². The molecule has 2 aromatic carbocycles. The molecule has 2 heterocycles. The summed E-state index contributed by atoms with van der Waals surface area (Å²) in [5.41, 5.74) is 1.70. The van der Waals surface area contributed by atoms with Crippen LogP contribution in [0.4, 0.5) is 21.5 Å². The Morgan fingerprint density at radius 3 is 2.53 bits per heavy atom. The van der Waals surface area contributed by atoms with Gasteiger partial charge in [-0.05, 0) is 48.9 Å². The van der Waals surface area contributed by atoms with E-state index in [0.717, 1.165) is 18.7 Å². The molecule has 0 saturated carbocycles. The predicted molar refractivity (Wildman–Crippen MR) is 112 cm³/mol. The van der Waals surface area contributed by atoms with Crippen molar-refractivity contribution < 1.29 is 23.5 Å². The van der Waals surface area contributed by atoms with Gasteiger partial charge in [0.15, 0.2) is 6.61 Å². The molecule has 0 atom stereocenters. The van der Waals surface area contributed by atoms with Crippen LogP contribution in [0.1, 0.15) is 12.8 Å².